The lowest BCUT2D eigenvalue weighted by atomic mass is 9.83. The second-order valence-electron chi connectivity index (χ2n) is 14.5. The zero-order valence-electron chi connectivity index (χ0n) is 32.2. The van der Waals surface area contributed by atoms with E-state index < -0.39 is 72.7 Å². The quantitative estimate of drug-likeness (QED) is 0.0583. The number of benzene rings is 2. The number of unbranched alkanes of at least 4 members (excludes halogenated alkanes) is 1. The van der Waals surface area contributed by atoms with Crippen molar-refractivity contribution < 1.29 is 38.3 Å². The molecule has 0 bridgehead atoms. The average Bonchev–Trinajstić information content (AvgIpc) is 3.17. The van der Waals surface area contributed by atoms with Crippen LogP contribution in [0.2, 0.25) is 0 Å². The van der Waals surface area contributed by atoms with E-state index >= 15 is 0 Å². The number of aliphatic hydroxyl groups is 1. The Balaban J connectivity index is 1.68. The van der Waals surface area contributed by atoms with Crippen LogP contribution in [0.5, 0.6) is 0 Å². The molecule has 0 spiro atoms. The topological polar surface area (TPSA) is 263 Å². The first kappa shape index (κ1) is 44.1. The van der Waals surface area contributed by atoms with E-state index in [-0.39, 0.29) is 32.8 Å². The fourth-order valence-corrected chi connectivity index (χ4v) is 6.57. The molecule has 1 saturated carbocycles. The third-order valence-electron chi connectivity index (χ3n) is 9.13. The van der Waals surface area contributed by atoms with E-state index in [1.54, 1.807) is 20.8 Å². The summed E-state index contributed by atoms with van der Waals surface area (Å²) in [5.41, 5.74) is 29.6. The van der Waals surface area contributed by atoms with Gasteiger partial charge in [0.25, 0.3) is 0 Å². The van der Waals surface area contributed by atoms with Crippen LogP contribution in [-0.2, 0) is 41.6 Å². The molecule has 0 radical (unpaired) electrons. The van der Waals surface area contributed by atoms with Crippen molar-refractivity contribution in [3.63, 3.8) is 0 Å². The molecule has 19 nitrogen and oxygen atoms in total. The van der Waals surface area contributed by atoms with Crippen molar-refractivity contribution in [3.05, 3.63) is 103 Å². The first-order valence-corrected chi connectivity index (χ1v) is 18.8. The molecule has 2 aromatic carbocycles. The van der Waals surface area contributed by atoms with Crippen LogP contribution in [0, 0.1) is 0 Å². The van der Waals surface area contributed by atoms with Gasteiger partial charge in [-0.2, -0.15) is 0 Å². The predicted octanol–water partition coefficient (Wildman–Crippen LogP) is 6.37. The molecular weight excluding hydrogens is 726 g/mol. The van der Waals surface area contributed by atoms with Gasteiger partial charge in [0.15, 0.2) is 6.29 Å². The molecule has 2 aromatic rings. The highest BCUT2D eigenvalue weighted by atomic mass is 16.7. The summed E-state index contributed by atoms with van der Waals surface area (Å²) in [5, 5.41) is 29.8. The lowest BCUT2D eigenvalue weighted by molar-refractivity contribution is -0.301. The van der Waals surface area contributed by atoms with E-state index in [4.69, 9.17) is 28.4 Å². The van der Waals surface area contributed by atoms with E-state index in [0.717, 1.165) is 30.5 Å². The van der Waals surface area contributed by atoms with Gasteiger partial charge in [-0.05, 0) is 67.9 Å². The second-order valence-corrected chi connectivity index (χ2v) is 14.5. The number of carbonyl (C=O) groups is 1. The Morgan fingerprint density at radius 2 is 1.52 bits per heavy atom. The van der Waals surface area contributed by atoms with Crippen molar-refractivity contribution >= 4 is 6.09 Å². The Bertz CT molecular complexity index is 1640. The zero-order valence-corrected chi connectivity index (χ0v) is 32.2. The molecule has 1 aliphatic carbocycles. The molecule has 19 heteroatoms. The Morgan fingerprint density at radius 3 is 2.11 bits per heavy atom. The molecule has 10 atom stereocenters. The maximum Gasteiger partial charge on any atom is 0.407 e. The van der Waals surface area contributed by atoms with Gasteiger partial charge in [0.05, 0.1) is 50.7 Å². The predicted molar refractivity (Wildman–Crippen MR) is 205 cm³/mol. The monoisotopic (exact) mass is 779 g/mol. The number of hydrogen-bond acceptors (Lipinski definition) is 12. The Labute approximate surface area is 326 Å². The number of rotatable bonds is 20. The number of nitrogens with one attached hydrogen (secondary N) is 2. The number of carbonyl (C=O) groups excluding carboxylic acids is 1. The number of hydrogen-bond donors (Lipinski definition) is 3. The summed E-state index contributed by atoms with van der Waals surface area (Å²) in [6.07, 6.45) is -6.98. The second kappa shape index (κ2) is 22.8. The third-order valence-corrected chi connectivity index (χ3v) is 9.13. The van der Waals surface area contributed by atoms with Crippen LogP contribution in [0.15, 0.2) is 76.0 Å². The van der Waals surface area contributed by atoms with Crippen molar-refractivity contribution in [2.75, 3.05) is 26.2 Å². The third kappa shape index (κ3) is 13.5. The molecule has 0 aromatic heterocycles. The molecule has 2 fully saturated rings. The Morgan fingerprint density at radius 1 is 0.875 bits per heavy atom. The fraction of sp³-hybridized carbons (Fsp3) is 0.649. The average molecular weight is 780 g/mol. The van der Waals surface area contributed by atoms with Crippen LogP contribution in [0.4, 0.5) is 4.79 Å². The maximum absolute atomic E-state index is 13.0. The summed E-state index contributed by atoms with van der Waals surface area (Å²) >= 11 is 0. The molecule has 3 N–H and O–H groups in total. The van der Waals surface area contributed by atoms with Crippen LogP contribution in [0.3, 0.4) is 0 Å². The molecule has 1 amide bonds. The number of alkyl carbamates (subject to hydrolysis) is 1. The van der Waals surface area contributed by atoms with Crippen LogP contribution >= 0.6 is 0 Å². The van der Waals surface area contributed by atoms with Crippen LogP contribution in [0.1, 0.15) is 58.1 Å². The van der Waals surface area contributed by atoms with Gasteiger partial charge in [-0.3, -0.25) is 0 Å². The van der Waals surface area contributed by atoms with Gasteiger partial charge in [0, 0.05) is 21.3 Å². The molecule has 4 rings (SSSR count). The van der Waals surface area contributed by atoms with E-state index in [0.29, 0.717) is 6.54 Å². The molecule has 5 unspecified atom stereocenters. The highest BCUT2D eigenvalue weighted by molar-refractivity contribution is 5.68. The zero-order chi connectivity index (χ0) is 40.3. The van der Waals surface area contributed by atoms with Crippen LogP contribution in [-0.4, -0.2) is 104 Å². The van der Waals surface area contributed by atoms with Crippen molar-refractivity contribution in [2.45, 2.75) is 127 Å². The summed E-state index contributed by atoms with van der Waals surface area (Å²) < 4.78 is 37.4. The number of aliphatic hydroxyl groups excluding tert-OH is 1. The van der Waals surface area contributed by atoms with Crippen molar-refractivity contribution in [1.29, 1.82) is 0 Å². The minimum atomic E-state index is -1.50. The fourth-order valence-electron chi connectivity index (χ4n) is 6.57. The largest absolute Gasteiger partial charge is 0.444 e. The highest BCUT2D eigenvalue weighted by Gasteiger charge is 2.52. The normalized spacial score (nSPS) is 27.5. The lowest BCUT2D eigenvalue weighted by Crippen LogP contribution is -2.65. The smallest absolute Gasteiger partial charge is 0.407 e. The van der Waals surface area contributed by atoms with Gasteiger partial charge in [-0.15, -0.1) is 0 Å². The summed E-state index contributed by atoms with van der Waals surface area (Å²) in [7, 11) is 0. The van der Waals surface area contributed by atoms with Crippen LogP contribution in [0.25, 0.3) is 31.3 Å². The minimum absolute atomic E-state index is 0.0171. The van der Waals surface area contributed by atoms with Gasteiger partial charge >= 0.3 is 6.09 Å². The molecule has 1 heterocycles. The van der Waals surface area contributed by atoms with Gasteiger partial charge in [-0.25, -0.2) is 4.79 Å². The minimum Gasteiger partial charge on any atom is -0.444 e. The summed E-state index contributed by atoms with van der Waals surface area (Å²) in [6, 6.07) is 15.6. The van der Waals surface area contributed by atoms with Crippen LogP contribution < -0.4 is 10.6 Å². The summed E-state index contributed by atoms with van der Waals surface area (Å²) in [5.74, 6) is 0. The SMILES string of the molecule is CCCCNCCOC1[C@@H](O)C(O[C@@H]2OC(CN=[N+]=[N-])[C@H](OCc3ccccc3)[C@H](OCc3ccccc3)C2N=[N+]=[N-])C(N=[N+]=[N-])C[C@H]1NC(=O)OC(C)(C)C. The summed E-state index contributed by atoms with van der Waals surface area (Å²) in [6.45, 7) is 8.65. The molecule has 1 aliphatic heterocycles. The summed E-state index contributed by atoms with van der Waals surface area (Å²) in [4.78, 5) is 22.0. The molecule has 1 saturated heterocycles. The maximum atomic E-state index is 13.0. The van der Waals surface area contributed by atoms with E-state index in [1.807, 2.05) is 60.7 Å². The van der Waals surface area contributed by atoms with E-state index in [1.165, 1.54) is 0 Å². The number of azide groups is 3. The van der Waals surface area contributed by atoms with Crippen molar-refractivity contribution in [1.82, 2.24) is 10.6 Å². The lowest BCUT2D eigenvalue weighted by Gasteiger charge is -2.48. The van der Waals surface area contributed by atoms with Gasteiger partial charge in [0.2, 0.25) is 0 Å². The van der Waals surface area contributed by atoms with E-state index in [2.05, 4.69) is 47.6 Å². The van der Waals surface area contributed by atoms with E-state index in [9.17, 15) is 26.5 Å². The first-order valence-electron chi connectivity index (χ1n) is 18.8. The number of nitrogens with zero attached hydrogens (tertiary/aromatic N) is 9. The highest BCUT2D eigenvalue weighted by Crippen LogP contribution is 2.35. The van der Waals surface area contributed by atoms with Gasteiger partial charge in [-0.1, -0.05) is 89.4 Å². The van der Waals surface area contributed by atoms with Gasteiger partial charge in [0.1, 0.15) is 36.1 Å². The molecule has 2 aliphatic rings. The van der Waals surface area contributed by atoms with Gasteiger partial charge < -0.3 is 44.2 Å². The van der Waals surface area contributed by atoms with Crippen molar-refractivity contribution in [3.8, 4) is 0 Å². The van der Waals surface area contributed by atoms with Crippen molar-refractivity contribution in [2.24, 2.45) is 15.3 Å². The Hall–Kier alpha value is -4.64. The standard InChI is InChI=1S/C37H53N11O8/c1-5-6-17-41-18-19-51-31-26(43-36(50)56-37(2,3)4)20-27(44-47-39)32(30(31)49)55-35-29(45-48-40)34(53-23-25-15-11-8-12-16-25)33(28(54-35)21-42-46-38)52-22-24-13-9-7-10-14-24/h7-16,26-35,41,49H,5-6,17-23H2,1-4H3,(H,43,50)/t26-,27?,28?,29?,30-,31?,32?,33+,34-,35+/m1/s1. The first-order chi connectivity index (χ1) is 27.1. The molecule has 56 heavy (non-hydrogen) atoms. The molecule has 304 valence electrons. The number of amides is 1. The molecular formula is C37H53N11O8. The Kier molecular flexibility index (Phi) is 17.9. The number of ether oxygens (including phenoxy) is 6.